The highest BCUT2D eigenvalue weighted by Gasteiger charge is 2.23. The number of fused-ring (bicyclic) bond motifs is 1. The molecule has 0 amide bonds. The zero-order valence-electron chi connectivity index (χ0n) is 23.8. The SMILES string of the molecule is CCCCn1c(-c2ccccc2)nc(OCC)c1CN(Cc1cccc(OCC)c1)Cc1ccc2c(c1)OCO2. The highest BCUT2D eigenvalue weighted by Crippen LogP contribution is 2.34. The molecule has 40 heavy (non-hydrogen) atoms. The van der Waals surface area contributed by atoms with Crippen molar-refractivity contribution in [3.63, 3.8) is 0 Å². The summed E-state index contributed by atoms with van der Waals surface area (Å²) in [6.07, 6.45) is 2.16. The Balaban J connectivity index is 1.52. The summed E-state index contributed by atoms with van der Waals surface area (Å²) < 4.78 is 25.5. The van der Waals surface area contributed by atoms with Crippen molar-refractivity contribution in [2.75, 3.05) is 20.0 Å². The van der Waals surface area contributed by atoms with Crippen molar-refractivity contribution in [2.45, 2.75) is 59.8 Å². The normalized spacial score (nSPS) is 12.2. The van der Waals surface area contributed by atoms with E-state index in [9.17, 15) is 0 Å². The van der Waals surface area contributed by atoms with E-state index in [-0.39, 0.29) is 6.79 Å². The first-order valence-corrected chi connectivity index (χ1v) is 14.3. The number of aromatic nitrogens is 2. The predicted molar refractivity (Wildman–Crippen MR) is 157 cm³/mol. The molecule has 0 fully saturated rings. The predicted octanol–water partition coefficient (Wildman–Crippen LogP) is 7.08. The topological polar surface area (TPSA) is 58.0 Å². The third kappa shape index (κ3) is 6.59. The van der Waals surface area contributed by atoms with Gasteiger partial charge in [-0.2, -0.15) is 4.98 Å². The molecule has 7 heteroatoms. The number of ether oxygens (including phenoxy) is 4. The van der Waals surface area contributed by atoms with Crippen molar-refractivity contribution in [2.24, 2.45) is 0 Å². The van der Waals surface area contributed by atoms with Gasteiger partial charge in [0.15, 0.2) is 11.5 Å². The van der Waals surface area contributed by atoms with Gasteiger partial charge in [0, 0.05) is 31.7 Å². The minimum absolute atomic E-state index is 0.267. The summed E-state index contributed by atoms with van der Waals surface area (Å²) >= 11 is 0. The van der Waals surface area contributed by atoms with Gasteiger partial charge in [-0.3, -0.25) is 4.90 Å². The van der Waals surface area contributed by atoms with Crippen molar-refractivity contribution >= 4 is 0 Å². The van der Waals surface area contributed by atoms with Crippen LogP contribution < -0.4 is 18.9 Å². The molecule has 0 radical (unpaired) electrons. The summed E-state index contributed by atoms with van der Waals surface area (Å²) in [6.45, 7) is 10.7. The summed E-state index contributed by atoms with van der Waals surface area (Å²) in [5.74, 6) is 4.14. The Kier molecular flexibility index (Phi) is 9.24. The van der Waals surface area contributed by atoms with Crippen LogP contribution in [0.5, 0.6) is 23.1 Å². The number of unbranched alkanes of at least 4 members (excludes halogenated alkanes) is 1. The molecule has 7 nitrogen and oxygen atoms in total. The van der Waals surface area contributed by atoms with E-state index in [2.05, 4.69) is 71.0 Å². The molecule has 4 aromatic rings. The Hall–Kier alpha value is -3.97. The van der Waals surface area contributed by atoms with Gasteiger partial charge in [0.1, 0.15) is 11.6 Å². The van der Waals surface area contributed by atoms with Crippen LogP contribution in [0.1, 0.15) is 50.4 Å². The molecular weight excluding hydrogens is 502 g/mol. The van der Waals surface area contributed by atoms with Crippen molar-refractivity contribution in [1.82, 2.24) is 14.5 Å². The molecule has 5 rings (SSSR count). The molecule has 0 saturated heterocycles. The smallest absolute Gasteiger partial charge is 0.236 e. The monoisotopic (exact) mass is 541 g/mol. The summed E-state index contributed by atoms with van der Waals surface area (Å²) in [6, 6.07) is 24.9. The molecule has 3 aromatic carbocycles. The Morgan fingerprint density at radius 2 is 1.57 bits per heavy atom. The number of hydrogen-bond donors (Lipinski definition) is 0. The van der Waals surface area contributed by atoms with Gasteiger partial charge < -0.3 is 23.5 Å². The van der Waals surface area contributed by atoms with Gasteiger partial charge in [-0.15, -0.1) is 0 Å². The number of benzene rings is 3. The Morgan fingerprint density at radius 1 is 0.800 bits per heavy atom. The Bertz CT molecular complexity index is 1390. The van der Waals surface area contributed by atoms with Crippen LogP contribution in [0, 0.1) is 0 Å². The maximum atomic E-state index is 6.16. The average molecular weight is 542 g/mol. The molecule has 0 spiro atoms. The first-order valence-electron chi connectivity index (χ1n) is 14.3. The van der Waals surface area contributed by atoms with Crippen LogP contribution in [0.2, 0.25) is 0 Å². The van der Waals surface area contributed by atoms with Crippen LogP contribution in [-0.2, 0) is 26.2 Å². The molecule has 0 N–H and O–H groups in total. The highest BCUT2D eigenvalue weighted by molar-refractivity contribution is 5.58. The second-order valence-corrected chi connectivity index (χ2v) is 9.90. The van der Waals surface area contributed by atoms with Crippen LogP contribution in [-0.4, -0.2) is 34.5 Å². The van der Waals surface area contributed by atoms with Gasteiger partial charge in [0.25, 0.3) is 0 Å². The quantitative estimate of drug-likeness (QED) is 0.170. The lowest BCUT2D eigenvalue weighted by molar-refractivity contribution is 0.174. The van der Waals surface area contributed by atoms with Crippen molar-refractivity contribution in [3.05, 3.63) is 89.6 Å². The zero-order valence-corrected chi connectivity index (χ0v) is 23.8. The fourth-order valence-electron chi connectivity index (χ4n) is 5.07. The first-order chi connectivity index (χ1) is 19.7. The second kappa shape index (κ2) is 13.4. The molecular formula is C33H39N3O4. The molecule has 0 unspecified atom stereocenters. The molecule has 210 valence electrons. The van der Waals surface area contributed by atoms with E-state index in [1.807, 2.05) is 32.0 Å². The van der Waals surface area contributed by atoms with Gasteiger partial charge >= 0.3 is 0 Å². The molecule has 0 atom stereocenters. The maximum absolute atomic E-state index is 6.16. The van der Waals surface area contributed by atoms with Gasteiger partial charge in [0.2, 0.25) is 12.7 Å². The van der Waals surface area contributed by atoms with E-state index in [1.54, 1.807) is 0 Å². The number of imidazole rings is 1. The molecule has 1 aliphatic heterocycles. The Labute approximate surface area is 237 Å². The minimum Gasteiger partial charge on any atom is -0.494 e. The lowest BCUT2D eigenvalue weighted by Gasteiger charge is -2.24. The summed E-state index contributed by atoms with van der Waals surface area (Å²) in [5, 5.41) is 0. The lowest BCUT2D eigenvalue weighted by Crippen LogP contribution is -2.24. The second-order valence-electron chi connectivity index (χ2n) is 9.90. The van der Waals surface area contributed by atoms with E-state index in [0.717, 1.165) is 72.4 Å². The van der Waals surface area contributed by atoms with Gasteiger partial charge in [-0.25, -0.2) is 0 Å². The average Bonchev–Trinajstić information content (AvgIpc) is 3.57. The van der Waals surface area contributed by atoms with Gasteiger partial charge in [0.05, 0.1) is 18.9 Å². The number of nitrogens with zero attached hydrogens (tertiary/aromatic N) is 3. The first kappa shape index (κ1) is 27.6. The number of hydrogen-bond acceptors (Lipinski definition) is 6. The van der Waals surface area contributed by atoms with Crippen LogP contribution >= 0.6 is 0 Å². The van der Waals surface area contributed by atoms with Crippen LogP contribution in [0.3, 0.4) is 0 Å². The minimum atomic E-state index is 0.267. The molecule has 1 aromatic heterocycles. The summed E-state index contributed by atoms with van der Waals surface area (Å²) in [5.41, 5.74) is 4.53. The molecule has 0 aliphatic carbocycles. The molecule has 1 aliphatic rings. The fourth-order valence-corrected chi connectivity index (χ4v) is 5.07. The molecule has 0 bridgehead atoms. The van der Waals surface area contributed by atoms with E-state index in [0.29, 0.717) is 25.6 Å². The van der Waals surface area contributed by atoms with E-state index >= 15 is 0 Å². The third-order valence-electron chi connectivity index (χ3n) is 6.92. The maximum Gasteiger partial charge on any atom is 0.236 e. The van der Waals surface area contributed by atoms with Crippen LogP contribution in [0.25, 0.3) is 11.4 Å². The number of rotatable bonds is 14. The van der Waals surface area contributed by atoms with E-state index < -0.39 is 0 Å². The molecule has 2 heterocycles. The standard InChI is InChI=1S/C33H39N3O4/c1-4-7-18-36-29(33(38-6-3)34-32(36)27-13-9-8-10-14-27)23-35(21-25-12-11-15-28(19-25)37-5-2)22-26-16-17-30-31(20-26)40-24-39-30/h8-17,19-20H,4-7,18,21-24H2,1-3H3. The third-order valence-corrected chi connectivity index (χ3v) is 6.92. The van der Waals surface area contributed by atoms with Crippen molar-refractivity contribution < 1.29 is 18.9 Å². The zero-order chi connectivity index (χ0) is 27.7. The van der Waals surface area contributed by atoms with Crippen molar-refractivity contribution in [1.29, 1.82) is 0 Å². The molecule has 0 saturated carbocycles. The van der Waals surface area contributed by atoms with E-state index in [1.165, 1.54) is 5.56 Å². The Morgan fingerprint density at radius 3 is 2.35 bits per heavy atom. The van der Waals surface area contributed by atoms with Gasteiger partial charge in [-0.1, -0.05) is 61.9 Å². The highest BCUT2D eigenvalue weighted by atomic mass is 16.7. The van der Waals surface area contributed by atoms with Crippen LogP contribution in [0.15, 0.2) is 72.8 Å². The lowest BCUT2D eigenvalue weighted by atomic mass is 10.1. The summed E-state index contributed by atoms with van der Waals surface area (Å²) in [7, 11) is 0. The fraction of sp³-hybridized carbons (Fsp3) is 0.364. The van der Waals surface area contributed by atoms with Crippen molar-refractivity contribution in [3.8, 4) is 34.5 Å². The van der Waals surface area contributed by atoms with Gasteiger partial charge in [-0.05, 0) is 55.7 Å². The summed E-state index contributed by atoms with van der Waals surface area (Å²) in [4.78, 5) is 7.46. The van der Waals surface area contributed by atoms with Crippen LogP contribution in [0.4, 0.5) is 0 Å². The van der Waals surface area contributed by atoms with E-state index in [4.69, 9.17) is 23.9 Å². The largest absolute Gasteiger partial charge is 0.494 e.